The lowest BCUT2D eigenvalue weighted by Gasteiger charge is -2.29. The molecule has 0 saturated carbocycles. The van der Waals surface area contributed by atoms with Gasteiger partial charge in [0, 0.05) is 67.2 Å². The van der Waals surface area contributed by atoms with E-state index in [1.165, 1.54) is 12.1 Å². The molecular formula is C26H23FN4O3. The van der Waals surface area contributed by atoms with Gasteiger partial charge in [0.1, 0.15) is 5.82 Å². The number of hydrogen-bond donors (Lipinski definition) is 1. The molecule has 4 heterocycles. The molecule has 8 heteroatoms. The van der Waals surface area contributed by atoms with E-state index < -0.39 is 11.8 Å². The minimum atomic E-state index is -0.446. The highest BCUT2D eigenvalue weighted by atomic mass is 19.1. The minimum absolute atomic E-state index is 0.312. The van der Waals surface area contributed by atoms with Crippen LogP contribution in [0, 0.1) is 5.82 Å². The van der Waals surface area contributed by atoms with E-state index in [0.717, 1.165) is 35.1 Å². The summed E-state index contributed by atoms with van der Waals surface area (Å²) >= 11 is 0. The topological polar surface area (TPSA) is 68.5 Å². The summed E-state index contributed by atoms with van der Waals surface area (Å²) in [5.41, 5.74) is 4.68. The van der Waals surface area contributed by atoms with Crippen molar-refractivity contribution in [1.29, 1.82) is 0 Å². The molecule has 2 aromatic carbocycles. The maximum atomic E-state index is 13.9. The van der Waals surface area contributed by atoms with Crippen molar-refractivity contribution in [2.75, 3.05) is 31.2 Å². The summed E-state index contributed by atoms with van der Waals surface area (Å²) in [5.74, 6) is -1.23. The molecule has 2 aliphatic rings. The van der Waals surface area contributed by atoms with E-state index in [1.54, 1.807) is 23.9 Å². The van der Waals surface area contributed by atoms with E-state index in [1.807, 2.05) is 29.9 Å². The van der Waals surface area contributed by atoms with Gasteiger partial charge in [0.05, 0.1) is 35.4 Å². The van der Waals surface area contributed by atoms with Crippen LogP contribution in [-0.4, -0.2) is 47.3 Å². The van der Waals surface area contributed by atoms with Gasteiger partial charge in [-0.25, -0.2) is 4.39 Å². The van der Waals surface area contributed by atoms with E-state index in [2.05, 4.69) is 16.3 Å². The van der Waals surface area contributed by atoms with E-state index in [9.17, 15) is 14.0 Å². The minimum Gasteiger partial charge on any atom is -0.378 e. The number of fused-ring (bicyclic) bond motifs is 2. The molecule has 172 valence electrons. The zero-order valence-corrected chi connectivity index (χ0v) is 18.9. The first kappa shape index (κ1) is 20.7. The second-order valence-electron chi connectivity index (χ2n) is 8.80. The summed E-state index contributed by atoms with van der Waals surface area (Å²) in [4.78, 5) is 28.3. The van der Waals surface area contributed by atoms with Crippen LogP contribution in [0.4, 0.5) is 10.1 Å². The van der Waals surface area contributed by atoms with Crippen LogP contribution in [0.1, 0.15) is 11.1 Å². The highest BCUT2D eigenvalue weighted by Crippen LogP contribution is 2.39. The third kappa shape index (κ3) is 3.06. The van der Waals surface area contributed by atoms with E-state index in [4.69, 9.17) is 4.74 Å². The Bertz CT molecular complexity index is 1540. The van der Waals surface area contributed by atoms with Gasteiger partial charge in [0.15, 0.2) is 0 Å². The largest absolute Gasteiger partial charge is 0.378 e. The summed E-state index contributed by atoms with van der Waals surface area (Å²) in [6.45, 7) is 3.06. The highest BCUT2D eigenvalue weighted by molar-refractivity contribution is 6.50. The normalized spacial score (nSPS) is 16.9. The van der Waals surface area contributed by atoms with Crippen LogP contribution >= 0.6 is 0 Å². The molecule has 1 N–H and O–H groups in total. The Balaban J connectivity index is 1.55. The lowest BCUT2D eigenvalue weighted by Crippen LogP contribution is -2.36. The Morgan fingerprint density at radius 3 is 2.00 bits per heavy atom. The van der Waals surface area contributed by atoms with Crippen LogP contribution in [0.5, 0.6) is 0 Å². The molecule has 2 aliphatic heterocycles. The van der Waals surface area contributed by atoms with Crippen molar-refractivity contribution in [3.8, 4) is 0 Å². The maximum Gasteiger partial charge on any atom is 0.259 e. The number of nitrogens with one attached hydrogen (secondary N) is 1. The molecule has 0 unspecified atom stereocenters. The molecule has 0 atom stereocenters. The number of rotatable bonds is 3. The van der Waals surface area contributed by atoms with Crippen molar-refractivity contribution in [3.63, 3.8) is 0 Å². The lowest BCUT2D eigenvalue weighted by molar-refractivity contribution is -0.122. The standard InChI is InChI=1S/C26H23FN4O3/c1-29-13-19(17-5-3-15(27)11-21(17)29)23-24(26(33)28-25(23)32)20-14-30(2)22-12-16(4-6-18(20)22)31-7-9-34-10-8-31/h3-6,11-14H,7-10H2,1-2H3,(H,28,32,33). The Morgan fingerprint density at radius 2 is 1.38 bits per heavy atom. The smallest absolute Gasteiger partial charge is 0.259 e. The number of carbonyl (C=O) groups excluding carboxylic acids is 2. The molecule has 0 radical (unpaired) electrons. The van der Waals surface area contributed by atoms with Gasteiger partial charge in [0.2, 0.25) is 0 Å². The monoisotopic (exact) mass is 458 g/mol. The van der Waals surface area contributed by atoms with Gasteiger partial charge in [-0.1, -0.05) is 6.07 Å². The molecule has 1 saturated heterocycles. The number of aromatic nitrogens is 2. The second kappa shape index (κ2) is 7.56. The van der Waals surface area contributed by atoms with Gasteiger partial charge in [-0.2, -0.15) is 0 Å². The number of aryl methyl sites for hydroxylation is 2. The first-order chi connectivity index (χ1) is 16.4. The highest BCUT2D eigenvalue weighted by Gasteiger charge is 2.35. The fraction of sp³-hybridized carbons (Fsp3) is 0.231. The molecule has 0 spiro atoms. The number of nitrogens with zero attached hydrogens (tertiary/aromatic N) is 3. The van der Waals surface area contributed by atoms with Crippen LogP contribution in [0.25, 0.3) is 33.0 Å². The van der Waals surface area contributed by atoms with Gasteiger partial charge >= 0.3 is 0 Å². The third-order valence-corrected chi connectivity index (χ3v) is 6.77. The summed E-state index contributed by atoms with van der Waals surface area (Å²) in [6.07, 6.45) is 3.67. The van der Waals surface area contributed by atoms with Crippen molar-refractivity contribution >= 4 is 50.5 Å². The van der Waals surface area contributed by atoms with Crippen molar-refractivity contribution in [2.45, 2.75) is 0 Å². The molecule has 2 amide bonds. The molecular weight excluding hydrogens is 435 g/mol. The zero-order chi connectivity index (χ0) is 23.6. The number of amides is 2. The summed E-state index contributed by atoms with van der Waals surface area (Å²) in [5, 5.41) is 4.08. The Kier molecular flexibility index (Phi) is 4.60. The second-order valence-corrected chi connectivity index (χ2v) is 8.80. The fourth-order valence-corrected chi connectivity index (χ4v) is 5.12. The van der Waals surface area contributed by atoms with Gasteiger partial charge in [-0.05, 0) is 30.3 Å². The SMILES string of the molecule is Cn1cc(C2=C(c3cn(C)c4cc(N5CCOCC5)ccc34)C(=O)NC2=O)c2ccc(F)cc21. The molecule has 6 rings (SSSR count). The van der Waals surface area contributed by atoms with Gasteiger partial charge in [0.25, 0.3) is 11.8 Å². The number of morpholine rings is 1. The van der Waals surface area contributed by atoms with Crippen LogP contribution in [0.3, 0.4) is 0 Å². The van der Waals surface area contributed by atoms with Crippen LogP contribution in [0.2, 0.25) is 0 Å². The maximum absolute atomic E-state index is 13.9. The average Bonchev–Trinajstić information content (AvgIpc) is 3.44. The van der Waals surface area contributed by atoms with Crippen molar-refractivity contribution in [1.82, 2.24) is 14.5 Å². The van der Waals surface area contributed by atoms with E-state index >= 15 is 0 Å². The molecule has 0 aliphatic carbocycles. The summed E-state index contributed by atoms with van der Waals surface area (Å²) in [7, 11) is 3.73. The molecule has 34 heavy (non-hydrogen) atoms. The number of anilines is 1. The van der Waals surface area contributed by atoms with E-state index in [-0.39, 0.29) is 5.82 Å². The van der Waals surface area contributed by atoms with Crippen molar-refractivity contribution in [3.05, 3.63) is 65.7 Å². The van der Waals surface area contributed by atoms with Gasteiger partial charge in [-0.15, -0.1) is 0 Å². The quantitative estimate of drug-likeness (QED) is 0.479. The van der Waals surface area contributed by atoms with Crippen LogP contribution in [-0.2, 0) is 28.4 Å². The first-order valence-corrected chi connectivity index (χ1v) is 11.2. The Morgan fingerprint density at radius 1 is 0.824 bits per heavy atom. The Labute approximate surface area is 195 Å². The van der Waals surface area contributed by atoms with Gasteiger partial charge in [-0.3, -0.25) is 14.9 Å². The number of benzene rings is 2. The lowest BCUT2D eigenvalue weighted by atomic mass is 9.95. The first-order valence-electron chi connectivity index (χ1n) is 11.2. The van der Waals surface area contributed by atoms with Gasteiger partial charge < -0.3 is 18.8 Å². The molecule has 4 aromatic rings. The third-order valence-electron chi connectivity index (χ3n) is 6.77. The molecule has 7 nitrogen and oxygen atoms in total. The summed E-state index contributed by atoms with van der Waals surface area (Å²) < 4.78 is 23.1. The van der Waals surface area contributed by atoms with Crippen LogP contribution in [0.15, 0.2) is 48.8 Å². The van der Waals surface area contributed by atoms with Crippen molar-refractivity contribution in [2.24, 2.45) is 14.1 Å². The number of hydrogen-bond acceptors (Lipinski definition) is 4. The average molecular weight is 458 g/mol. The predicted octanol–water partition coefficient (Wildman–Crippen LogP) is 3.21. The number of ether oxygens (including phenoxy) is 1. The number of halogens is 1. The molecule has 0 bridgehead atoms. The van der Waals surface area contributed by atoms with Crippen LogP contribution < -0.4 is 10.2 Å². The molecule has 1 fully saturated rings. The molecule has 2 aromatic heterocycles. The number of carbonyl (C=O) groups is 2. The predicted molar refractivity (Wildman–Crippen MR) is 129 cm³/mol. The summed E-state index contributed by atoms with van der Waals surface area (Å²) in [6, 6.07) is 10.6. The zero-order valence-electron chi connectivity index (χ0n) is 18.9. The number of imide groups is 1. The van der Waals surface area contributed by atoms with Crippen molar-refractivity contribution < 1.29 is 18.7 Å². The Hall–Kier alpha value is -3.91. The van der Waals surface area contributed by atoms with E-state index in [0.29, 0.717) is 41.0 Å². The fourth-order valence-electron chi connectivity index (χ4n) is 5.12.